The van der Waals surface area contributed by atoms with Crippen LogP contribution in [-0.4, -0.2) is 37.2 Å². The van der Waals surface area contributed by atoms with Crippen molar-refractivity contribution in [2.75, 3.05) is 23.5 Å². The normalized spacial score (nSPS) is 13.6. The lowest BCUT2D eigenvalue weighted by molar-refractivity contribution is -0.385. The molecule has 1 rings (SSSR count). The highest BCUT2D eigenvalue weighted by atomic mass is 32.2. The molecule has 0 amide bonds. The second-order valence-electron chi connectivity index (χ2n) is 4.26. The van der Waals surface area contributed by atoms with Gasteiger partial charge in [-0.15, -0.1) is 0 Å². The van der Waals surface area contributed by atoms with Crippen molar-refractivity contribution in [1.29, 1.82) is 0 Å². The second kappa shape index (κ2) is 7.10. The number of nitro groups is 1. The Balaban J connectivity index is 2.89. The third-order valence-electron chi connectivity index (χ3n) is 2.78. The molecule has 0 saturated carbocycles. The Morgan fingerprint density at radius 3 is 2.65 bits per heavy atom. The minimum absolute atomic E-state index is 0.00315. The van der Waals surface area contributed by atoms with Crippen LogP contribution in [0.15, 0.2) is 0 Å². The van der Waals surface area contributed by atoms with Gasteiger partial charge in [-0.2, -0.15) is 4.98 Å². The number of nitrogen functional groups attached to an aromatic ring is 1. The highest BCUT2D eigenvalue weighted by Gasteiger charge is 2.21. The van der Waals surface area contributed by atoms with Gasteiger partial charge in [0, 0.05) is 28.9 Å². The average Bonchev–Trinajstić information content (AvgIpc) is 2.37. The monoisotopic (exact) mass is 302 g/mol. The van der Waals surface area contributed by atoms with Crippen LogP contribution in [0.2, 0.25) is 0 Å². The number of hydrogen-bond donors (Lipinski definition) is 3. The molecule has 1 heterocycles. The third-order valence-corrected chi connectivity index (χ3v) is 4.15. The van der Waals surface area contributed by atoms with Gasteiger partial charge in [-0.25, -0.2) is 10.8 Å². The number of nitrogens with zero attached hydrogens (tertiary/aromatic N) is 3. The van der Waals surface area contributed by atoms with Crippen molar-refractivity contribution in [2.24, 2.45) is 5.84 Å². The van der Waals surface area contributed by atoms with E-state index in [9.17, 15) is 14.3 Å². The number of hydrazine groups is 1. The Morgan fingerprint density at radius 1 is 1.50 bits per heavy atom. The van der Waals surface area contributed by atoms with Crippen molar-refractivity contribution in [2.45, 2.75) is 25.5 Å². The maximum absolute atomic E-state index is 11.2. The molecule has 2 unspecified atom stereocenters. The van der Waals surface area contributed by atoms with Crippen molar-refractivity contribution in [3.05, 3.63) is 15.8 Å². The van der Waals surface area contributed by atoms with Crippen molar-refractivity contribution < 1.29 is 9.13 Å². The van der Waals surface area contributed by atoms with E-state index in [1.165, 1.54) is 6.92 Å². The molecule has 10 heteroatoms. The molecular weight excluding hydrogens is 284 g/mol. The van der Waals surface area contributed by atoms with Gasteiger partial charge >= 0.3 is 5.69 Å². The first-order valence-electron chi connectivity index (χ1n) is 5.92. The maximum atomic E-state index is 11.2. The highest BCUT2D eigenvalue weighted by molar-refractivity contribution is 7.84. The molecule has 112 valence electrons. The second-order valence-corrected chi connectivity index (χ2v) is 6.06. The number of rotatable bonds is 7. The Labute approximate surface area is 118 Å². The number of anilines is 2. The van der Waals surface area contributed by atoms with Gasteiger partial charge in [-0.3, -0.25) is 19.7 Å². The van der Waals surface area contributed by atoms with Crippen molar-refractivity contribution >= 4 is 28.3 Å². The van der Waals surface area contributed by atoms with Gasteiger partial charge in [-0.1, -0.05) is 6.92 Å². The highest BCUT2D eigenvalue weighted by Crippen LogP contribution is 2.26. The molecular formula is C10H18N6O3S. The zero-order chi connectivity index (χ0) is 15.3. The van der Waals surface area contributed by atoms with Crippen LogP contribution < -0.4 is 16.6 Å². The summed E-state index contributed by atoms with van der Waals surface area (Å²) < 4.78 is 11.2. The fourth-order valence-electron chi connectivity index (χ4n) is 1.53. The van der Waals surface area contributed by atoms with Gasteiger partial charge in [-0.05, 0) is 13.3 Å². The van der Waals surface area contributed by atoms with Gasteiger partial charge in [0.2, 0.25) is 11.8 Å². The SMILES string of the molecule is Cc1nc(NN)nc(NCCC(C)S(C)=O)c1[N+](=O)[O-]. The Hall–Kier alpha value is -1.81. The van der Waals surface area contributed by atoms with E-state index in [1.807, 2.05) is 6.92 Å². The first-order chi connectivity index (χ1) is 9.36. The fraction of sp³-hybridized carbons (Fsp3) is 0.600. The third kappa shape index (κ3) is 4.10. The molecule has 0 aliphatic rings. The van der Waals surface area contributed by atoms with Gasteiger partial charge in [0.25, 0.3) is 0 Å². The van der Waals surface area contributed by atoms with Crippen LogP contribution in [0.3, 0.4) is 0 Å². The quantitative estimate of drug-likeness (QED) is 0.377. The van der Waals surface area contributed by atoms with Crippen LogP contribution in [0, 0.1) is 17.0 Å². The summed E-state index contributed by atoms with van der Waals surface area (Å²) in [6.07, 6.45) is 2.23. The van der Waals surface area contributed by atoms with E-state index in [0.29, 0.717) is 13.0 Å². The first-order valence-corrected chi connectivity index (χ1v) is 7.54. The number of nitrogens with one attached hydrogen (secondary N) is 2. The van der Waals surface area contributed by atoms with Crippen LogP contribution in [0.5, 0.6) is 0 Å². The molecule has 0 spiro atoms. The topological polar surface area (TPSA) is 136 Å². The Morgan fingerprint density at radius 2 is 2.15 bits per heavy atom. The standard InChI is InChI=1S/C10H18N6O3S/c1-6(20(3)19)4-5-12-9-8(16(17)18)7(2)13-10(14-9)15-11/h6H,4-5,11H2,1-3H3,(H2,12,13,14,15). The number of aryl methyl sites for hydroxylation is 1. The fourth-order valence-corrected chi connectivity index (χ4v) is 1.98. The molecule has 0 aromatic carbocycles. The van der Waals surface area contributed by atoms with Crippen LogP contribution in [0.25, 0.3) is 0 Å². The van der Waals surface area contributed by atoms with Gasteiger partial charge in [0.15, 0.2) is 0 Å². The van der Waals surface area contributed by atoms with Crippen LogP contribution in [-0.2, 0) is 10.8 Å². The minimum Gasteiger partial charge on any atom is -0.364 e. The minimum atomic E-state index is -0.932. The molecule has 0 bridgehead atoms. The van der Waals surface area contributed by atoms with E-state index in [0.717, 1.165) is 0 Å². The molecule has 0 aliphatic heterocycles. The van der Waals surface area contributed by atoms with E-state index in [4.69, 9.17) is 5.84 Å². The van der Waals surface area contributed by atoms with E-state index < -0.39 is 15.7 Å². The van der Waals surface area contributed by atoms with E-state index in [-0.39, 0.29) is 28.4 Å². The Kier molecular flexibility index (Phi) is 5.77. The molecule has 4 N–H and O–H groups in total. The molecule has 0 radical (unpaired) electrons. The first kappa shape index (κ1) is 16.2. The van der Waals surface area contributed by atoms with Crippen molar-refractivity contribution in [1.82, 2.24) is 9.97 Å². The lowest BCUT2D eigenvalue weighted by Crippen LogP contribution is -2.18. The molecule has 20 heavy (non-hydrogen) atoms. The number of nitrogens with two attached hydrogens (primary N) is 1. The smallest absolute Gasteiger partial charge is 0.332 e. The molecule has 1 aromatic heterocycles. The summed E-state index contributed by atoms with van der Waals surface area (Å²) in [6.45, 7) is 3.78. The molecule has 2 atom stereocenters. The summed E-state index contributed by atoms with van der Waals surface area (Å²) in [4.78, 5) is 18.3. The summed E-state index contributed by atoms with van der Waals surface area (Å²) in [7, 11) is -0.932. The summed E-state index contributed by atoms with van der Waals surface area (Å²) in [6, 6.07) is 0. The lowest BCUT2D eigenvalue weighted by Gasteiger charge is -2.11. The molecule has 1 aromatic rings. The van der Waals surface area contributed by atoms with Gasteiger partial charge < -0.3 is 5.32 Å². The van der Waals surface area contributed by atoms with Crippen LogP contribution >= 0.6 is 0 Å². The van der Waals surface area contributed by atoms with E-state index in [1.54, 1.807) is 6.26 Å². The lowest BCUT2D eigenvalue weighted by atomic mass is 10.3. The number of aromatic nitrogens is 2. The van der Waals surface area contributed by atoms with Crippen molar-refractivity contribution in [3.8, 4) is 0 Å². The van der Waals surface area contributed by atoms with Gasteiger partial charge in [0.05, 0.1) is 4.92 Å². The maximum Gasteiger partial charge on any atom is 0.332 e. The largest absolute Gasteiger partial charge is 0.364 e. The van der Waals surface area contributed by atoms with Gasteiger partial charge in [0.1, 0.15) is 5.69 Å². The van der Waals surface area contributed by atoms with Crippen LogP contribution in [0.4, 0.5) is 17.5 Å². The van der Waals surface area contributed by atoms with E-state index in [2.05, 4.69) is 20.7 Å². The summed E-state index contributed by atoms with van der Waals surface area (Å²) in [5, 5.41) is 13.9. The average molecular weight is 302 g/mol. The summed E-state index contributed by atoms with van der Waals surface area (Å²) in [5.41, 5.74) is 2.29. The zero-order valence-corrected chi connectivity index (χ0v) is 12.4. The Bertz CT molecular complexity index is 524. The van der Waals surface area contributed by atoms with Crippen molar-refractivity contribution in [3.63, 3.8) is 0 Å². The molecule has 0 saturated heterocycles. The summed E-state index contributed by atoms with van der Waals surface area (Å²) >= 11 is 0. The molecule has 0 fully saturated rings. The molecule has 9 nitrogen and oxygen atoms in total. The number of hydrogen-bond acceptors (Lipinski definition) is 8. The van der Waals surface area contributed by atoms with Crippen LogP contribution in [0.1, 0.15) is 19.0 Å². The summed E-state index contributed by atoms with van der Waals surface area (Å²) in [5.74, 6) is 5.42. The zero-order valence-electron chi connectivity index (χ0n) is 11.5. The van der Waals surface area contributed by atoms with E-state index >= 15 is 0 Å². The predicted molar refractivity (Wildman–Crippen MR) is 77.9 cm³/mol. The molecule has 0 aliphatic carbocycles. The predicted octanol–water partition coefficient (Wildman–Crippen LogP) is 0.548.